The van der Waals surface area contributed by atoms with E-state index in [-0.39, 0.29) is 0 Å². The largest absolute Gasteiger partial charge is 0.481 e. The second kappa shape index (κ2) is 2.96. The molecule has 0 aromatic heterocycles. The zero-order valence-corrected chi connectivity index (χ0v) is 5.63. The zero-order valence-electron chi connectivity index (χ0n) is 5.63. The molecule has 0 aromatic rings. The molecular formula is C7H10N2O. The van der Waals surface area contributed by atoms with Crippen molar-refractivity contribution in [2.45, 2.75) is 0 Å². The average molecular weight is 138 g/mol. The summed E-state index contributed by atoms with van der Waals surface area (Å²) in [6.45, 7) is 4.10. The summed E-state index contributed by atoms with van der Waals surface area (Å²) in [5.74, 6) is 0. The van der Waals surface area contributed by atoms with Gasteiger partial charge in [0.25, 0.3) is 0 Å². The second-order valence-corrected chi connectivity index (χ2v) is 1.92. The molecule has 0 atom stereocenters. The van der Waals surface area contributed by atoms with Crippen LogP contribution in [-0.4, -0.2) is 6.73 Å². The van der Waals surface area contributed by atoms with Crippen molar-refractivity contribution >= 4 is 0 Å². The number of nitrogens with one attached hydrogen (secondary N) is 1. The van der Waals surface area contributed by atoms with Crippen LogP contribution in [0.4, 0.5) is 0 Å². The molecule has 10 heavy (non-hydrogen) atoms. The first-order chi connectivity index (χ1) is 4.80. The summed E-state index contributed by atoms with van der Waals surface area (Å²) in [5.41, 5.74) is 6.88. The minimum atomic E-state index is 0.421. The fraction of sp³-hybridized carbons (Fsp3) is 0.143. The van der Waals surface area contributed by atoms with Gasteiger partial charge in [-0.25, -0.2) is 0 Å². The molecule has 0 spiro atoms. The van der Waals surface area contributed by atoms with Crippen LogP contribution >= 0.6 is 0 Å². The number of rotatable bonds is 0. The van der Waals surface area contributed by atoms with Gasteiger partial charge >= 0.3 is 0 Å². The molecule has 54 valence electrons. The van der Waals surface area contributed by atoms with Crippen molar-refractivity contribution < 1.29 is 4.74 Å². The van der Waals surface area contributed by atoms with E-state index >= 15 is 0 Å². The highest BCUT2D eigenvalue weighted by atomic mass is 16.5. The smallest absolute Gasteiger partial charge is 0.158 e. The van der Waals surface area contributed by atoms with Gasteiger partial charge in [-0.15, -0.1) is 0 Å². The molecule has 0 fully saturated rings. The molecule has 0 saturated carbocycles. The predicted octanol–water partition coefficient (Wildman–Crippen LogP) is 0.434. The molecule has 0 bridgehead atoms. The summed E-state index contributed by atoms with van der Waals surface area (Å²) in [7, 11) is 0. The van der Waals surface area contributed by atoms with Crippen molar-refractivity contribution in [3.8, 4) is 0 Å². The number of hydrogen-bond donors (Lipinski definition) is 2. The Morgan fingerprint density at radius 3 is 3.30 bits per heavy atom. The van der Waals surface area contributed by atoms with Gasteiger partial charge in [0.15, 0.2) is 6.73 Å². The van der Waals surface area contributed by atoms with Crippen molar-refractivity contribution in [3.05, 3.63) is 36.4 Å². The Kier molecular flexibility index (Phi) is 1.99. The quantitative estimate of drug-likeness (QED) is 0.510. The summed E-state index contributed by atoms with van der Waals surface area (Å²) in [6.07, 6.45) is 5.04. The molecule has 3 nitrogen and oxygen atoms in total. The number of ether oxygens (including phenoxy) is 1. The van der Waals surface area contributed by atoms with Gasteiger partial charge in [-0.3, -0.25) is 0 Å². The maximum Gasteiger partial charge on any atom is 0.158 e. The average Bonchev–Trinajstić information content (AvgIpc) is 1.92. The highest BCUT2D eigenvalue weighted by Gasteiger charge is 1.95. The van der Waals surface area contributed by atoms with E-state index in [1.165, 1.54) is 0 Å². The molecule has 1 aliphatic heterocycles. The van der Waals surface area contributed by atoms with E-state index in [1.807, 2.05) is 0 Å². The minimum absolute atomic E-state index is 0.421. The van der Waals surface area contributed by atoms with Gasteiger partial charge in [0.05, 0.1) is 17.7 Å². The van der Waals surface area contributed by atoms with E-state index < -0.39 is 0 Å². The standard InChI is InChI=1S/C7H10N2O/c1-6-7(8)3-2-4-10-5-9-6/h2-4,9H,1,5,8H2. The Hall–Kier alpha value is -1.38. The first-order valence-electron chi connectivity index (χ1n) is 2.98. The van der Waals surface area contributed by atoms with Crippen molar-refractivity contribution in [3.63, 3.8) is 0 Å². The molecule has 0 radical (unpaired) electrons. The molecular weight excluding hydrogens is 128 g/mol. The first-order valence-corrected chi connectivity index (χ1v) is 2.98. The van der Waals surface area contributed by atoms with Crippen LogP contribution in [-0.2, 0) is 4.74 Å². The first kappa shape index (κ1) is 6.74. The highest BCUT2D eigenvalue weighted by Crippen LogP contribution is 1.98. The topological polar surface area (TPSA) is 47.3 Å². The fourth-order valence-electron chi connectivity index (χ4n) is 0.578. The summed E-state index contributed by atoms with van der Waals surface area (Å²) in [4.78, 5) is 0. The zero-order chi connectivity index (χ0) is 7.40. The van der Waals surface area contributed by atoms with Gasteiger partial charge in [-0.1, -0.05) is 6.58 Å². The summed E-state index contributed by atoms with van der Waals surface area (Å²) >= 11 is 0. The molecule has 1 aliphatic rings. The molecule has 0 aromatic carbocycles. The molecule has 3 heteroatoms. The lowest BCUT2D eigenvalue weighted by atomic mass is 10.3. The predicted molar refractivity (Wildman–Crippen MR) is 39.6 cm³/mol. The fourth-order valence-corrected chi connectivity index (χ4v) is 0.578. The van der Waals surface area contributed by atoms with Crippen molar-refractivity contribution in [2.24, 2.45) is 5.73 Å². The van der Waals surface area contributed by atoms with Gasteiger partial charge in [-0.05, 0) is 12.2 Å². The SMILES string of the molecule is C=C1NCOC=CC=C1N. The summed E-state index contributed by atoms with van der Waals surface area (Å²) in [5, 5.41) is 2.87. The van der Waals surface area contributed by atoms with E-state index in [0.717, 1.165) is 0 Å². The van der Waals surface area contributed by atoms with Crippen molar-refractivity contribution in [2.75, 3.05) is 6.73 Å². The molecule has 0 amide bonds. The number of nitrogens with two attached hydrogens (primary N) is 1. The Morgan fingerprint density at radius 2 is 2.50 bits per heavy atom. The molecule has 0 saturated heterocycles. The second-order valence-electron chi connectivity index (χ2n) is 1.92. The van der Waals surface area contributed by atoms with Crippen LogP contribution in [0.25, 0.3) is 0 Å². The summed E-state index contributed by atoms with van der Waals surface area (Å²) in [6, 6.07) is 0. The third-order valence-electron chi connectivity index (χ3n) is 1.17. The monoisotopic (exact) mass is 138 g/mol. The van der Waals surface area contributed by atoms with Crippen LogP contribution in [0.2, 0.25) is 0 Å². The Labute approximate surface area is 59.9 Å². The van der Waals surface area contributed by atoms with Crippen LogP contribution in [0.3, 0.4) is 0 Å². The van der Waals surface area contributed by atoms with Gasteiger partial charge in [-0.2, -0.15) is 0 Å². The van der Waals surface area contributed by atoms with Gasteiger partial charge in [0, 0.05) is 0 Å². The Morgan fingerprint density at radius 1 is 1.70 bits per heavy atom. The maximum absolute atomic E-state index is 5.54. The minimum Gasteiger partial charge on any atom is -0.481 e. The van der Waals surface area contributed by atoms with Crippen LogP contribution in [0.5, 0.6) is 0 Å². The van der Waals surface area contributed by atoms with E-state index in [2.05, 4.69) is 11.9 Å². The third kappa shape index (κ3) is 1.55. The highest BCUT2D eigenvalue weighted by molar-refractivity contribution is 5.27. The van der Waals surface area contributed by atoms with Crippen LogP contribution in [0, 0.1) is 0 Å². The Balaban J connectivity index is 2.71. The van der Waals surface area contributed by atoms with Gasteiger partial charge < -0.3 is 15.8 Å². The Bertz CT molecular complexity index is 194. The van der Waals surface area contributed by atoms with E-state index in [1.54, 1.807) is 18.4 Å². The number of hydrogen-bond acceptors (Lipinski definition) is 3. The van der Waals surface area contributed by atoms with Crippen molar-refractivity contribution in [1.29, 1.82) is 0 Å². The molecule has 1 rings (SSSR count). The maximum atomic E-state index is 5.54. The molecule has 0 unspecified atom stereocenters. The van der Waals surface area contributed by atoms with E-state index in [9.17, 15) is 0 Å². The molecule has 3 N–H and O–H groups in total. The normalized spacial score (nSPS) is 18.0. The number of allylic oxidation sites excluding steroid dienone is 2. The summed E-state index contributed by atoms with van der Waals surface area (Å²) < 4.78 is 4.94. The van der Waals surface area contributed by atoms with Crippen LogP contribution in [0.15, 0.2) is 36.4 Å². The van der Waals surface area contributed by atoms with E-state index in [0.29, 0.717) is 18.1 Å². The lowest BCUT2D eigenvalue weighted by Crippen LogP contribution is -2.20. The van der Waals surface area contributed by atoms with Gasteiger partial charge in [0.1, 0.15) is 0 Å². The third-order valence-corrected chi connectivity index (χ3v) is 1.17. The van der Waals surface area contributed by atoms with E-state index in [4.69, 9.17) is 10.5 Å². The molecule has 0 aliphatic carbocycles. The van der Waals surface area contributed by atoms with Crippen LogP contribution < -0.4 is 11.1 Å². The van der Waals surface area contributed by atoms with Crippen LogP contribution in [0.1, 0.15) is 0 Å². The lowest BCUT2D eigenvalue weighted by Gasteiger charge is -2.10. The lowest BCUT2D eigenvalue weighted by molar-refractivity contribution is 0.233. The molecule has 1 heterocycles. The van der Waals surface area contributed by atoms with Crippen molar-refractivity contribution in [1.82, 2.24) is 5.32 Å². The van der Waals surface area contributed by atoms with Gasteiger partial charge in [0.2, 0.25) is 0 Å².